The number of phenols is 1. The van der Waals surface area contributed by atoms with Gasteiger partial charge in [0.15, 0.2) is 0 Å². The van der Waals surface area contributed by atoms with Crippen LogP contribution in [-0.2, 0) is 19.1 Å². The summed E-state index contributed by atoms with van der Waals surface area (Å²) in [5, 5.41) is 12.6. The molecular weight excluding hydrogens is 402 g/mol. The van der Waals surface area contributed by atoms with Gasteiger partial charge < -0.3 is 19.9 Å². The summed E-state index contributed by atoms with van der Waals surface area (Å²) in [7, 11) is -1.38. The summed E-state index contributed by atoms with van der Waals surface area (Å²) in [4.78, 5) is 38.2. The van der Waals surface area contributed by atoms with E-state index in [0.29, 0.717) is 12.2 Å². The lowest BCUT2D eigenvalue weighted by molar-refractivity contribution is -0.152. The predicted octanol–water partition coefficient (Wildman–Crippen LogP) is 3.32. The summed E-state index contributed by atoms with van der Waals surface area (Å²) in [5.74, 6) is -2.29. The lowest BCUT2D eigenvalue weighted by Crippen LogP contribution is -2.58. The second-order valence-corrected chi connectivity index (χ2v) is 14.8. The predicted molar refractivity (Wildman–Crippen MR) is 114 cm³/mol. The van der Waals surface area contributed by atoms with Gasteiger partial charge in [0.05, 0.1) is 24.5 Å². The molecule has 1 amide bonds. The third kappa shape index (κ3) is 4.58. The standard InChI is InChI=1S/C22H29NO6Si/c1-5-8-29-22(27)23-20-18-15-11-13(24)6-7-14(15)16(12-17(18)25)19(20)21(26)28-9-10-30(2,3)4/h5-7,11,16,18-20,24H,1,8-10,12H2,2-4H3,(H,23,27)/t16?,18-,19-,20-/m1/s1. The molecule has 1 fully saturated rings. The highest BCUT2D eigenvalue weighted by Crippen LogP contribution is 2.52. The van der Waals surface area contributed by atoms with Gasteiger partial charge in [-0.3, -0.25) is 9.59 Å². The van der Waals surface area contributed by atoms with Gasteiger partial charge >= 0.3 is 12.1 Å². The molecule has 2 bridgehead atoms. The zero-order chi connectivity index (χ0) is 22.1. The average Bonchev–Trinajstić information content (AvgIpc) is 2.64. The van der Waals surface area contributed by atoms with Crippen molar-refractivity contribution in [3.8, 4) is 5.75 Å². The van der Waals surface area contributed by atoms with Crippen LogP contribution in [0.5, 0.6) is 5.75 Å². The van der Waals surface area contributed by atoms with Gasteiger partial charge in [-0.25, -0.2) is 4.79 Å². The van der Waals surface area contributed by atoms with Crippen molar-refractivity contribution in [1.82, 2.24) is 5.32 Å². The van der Waals surface area contributed by atoms with E-state index in [4.69, 9.17) is 9.47 Å². The summed E-state index contributed by atoms with van der Waals surface area (Å²) < 4.78 is 10.6. The average molecular weight is 432 g/mol. The Balaban J connectivity index is 1.90. The fourth-order valence-electron chi connectivity index (χ4n) is 4.32. The summed E-state index contributed by atoms with van der Waals surface area (Å²) >= 11 is 0. The number of fused-ring (bicyclic) bond motifs is 2. The van der Waals surface area contributed by atoms with Crippen LogP contribution in [0.4, 0.5) is 4.79 Å². The fraction of sp³-hybridized carbons (Fsp3) is 0.500. The lowest BCUT2D eigenvalue weighted by Gasteiger charge is -2.47. The highest BCUT2D eigenvalue weighted by molar-refractivity contribution is 6.76. The molecule has 162 valence electrons. The number of ether oxygens (including phenoxy) is 2. The molecule has 7 nitrogen and oxygen atoms in total. The van der Waals surface area contributed by atoms with Crippen molar-refractivity contribution in [3.05, 3.63) is 42.0 Å². The van der Waals surface area contributed by atoms with Crippen molar-refractivity contribution < 1.29 is 29.0 Å². The van der Waals surface area contributed by atoms with Gasteiger partial charge in [-0.1, -0.05) is 38.4 Å². The zero-order valence-corrected chi connectivity index (χ0v) is 18.6. The van der Waals surface area contributed by atoms with E-state index in [1.165, 1.54) is 6.08 Å². The number of hydrogen-bond donors (Lipinski definition) is 2. The van der Waals surface area contributed by atoms with Crippen molar-refractivity contribution >= 4 is 25.9 Å². The Bertz CT molecular complexity index is 862. The smallest absolute Gasteiger partial charge is 0.407 e. The molecule has 4 atom stereocenters. The first-order valence-electron chi connectivity index (χ1n) is 10.2. The molecule has 3 aliphatic rings. The molecule has 0 spiro atoms. The van der Waals surface area contributed by atoms with E-state index in [0.717, 1.165) is 11.6 Å². The van der Waals surface area contributed by atoms with Crippen LogP contribution in [0.15, 0.2) is 30.9 Å². The number of ketones is 1. The lowest BCUT2D eigenvalue weighted by atomic mass is 9.58. The molecule has 4 rings (SSSR count). The summed E-state index contributed by atoms with van der Waals surface area (Å²) in [6.45, 7) is 10.4. The number of aromatic hydroxyl groups is 1. The van der Waals surface area contributed by atoms with E-state index in [-0.39, 0.29) is 24.6 Å². The monoisotopic (exact) mass is 431 g/mol. The van der Waals surface area contributed by atoms with Gasteiger partial charge in [0.2, 0.25) is 0 Å². The number of amides is 1. The number of benzene rings is 1. The third-order valence-corrected chi connectivity index (χ3v) is 7.44. The number of hydrogen-bond acceptors (Lipinski definition) is 6. The summed E-state index contributed by atoms with van der Waals surface area (Å²) in [6.07, 6.45) is 0.922. The molecule has 1 unspecified atom stereocenters. The number of Topliss-reactive ketones (excluding diaryl/α,β-unsaturated/α-hetero) is 1. The minimum Gasteiger partial charge on any atom is -0.508 e. The number of carbonyl (C=O) groups excluding carboxylic acids is 3. The molecule has 8 heteroatoms. The zero-order valence-electron chi connectivity index (χ0n) is 17.6. The second kappa shape index (κ2) is 8.63. The Morgan fingerprint density at radius 1 is 1.27 bits per heavy atom. The van der Waals surface area contributed by atoms with Crippen LogP contribution in [-0.4, -0.2) is 50.3 Å². The molecule has 3 aliphatic carbocycles. The van der Waals surface area contributed by atoms with Gasteiger partial charge in [-0.15, -0.1) is 0 Å². The number of esters is 1. The quantitative estimate of drug-likeness (QED) is 0.390. The van der Waals surface area contributed by atoms with E-state index in [9.17, 15) is 19.5 Å². The third-order valence-electron chi connectivity index (χ3n) is 5.74. The summed E-state index contributed by atoms with van der Waals surface area (Å²) in [5.41, 5.74) is 1.50. The van der Waals surface area contributed by atoms with Crippen molar-refractivity contribution in [2.75, 3.05) is 13.2 Å². The molecule has 0 heterocycles. The largest absolute Gasteiger partial charge is 0.508 e. The van der Waals surface area contributed by atoms with E-state index in [1.54, 1.807) is 18.2 Å². The van der Waals surface area contributed by atoms with Gasteiger partial charge in [0.25, 0.3) is 0 Å². The van der Waals surface area contributed by atoms with Crippen LogP contribution in [0, 0.1) is 5.92 Å². The van der Waals surface area contributed by atoms with Gasteiger partial charge in [-0.2, -0.15) is 0 Å². The van der Waals surface area contributed by atoms with Crippen LogP contribution in [0.3, 0.4) is 0 Å². The van der Waals surface area contributed by atoms with Crippen LogP contribution in [0.2, 0.25) is 25.7 Å². The Morgan fingerprint density at radius 3 is 2.67 bits per heavy atom. The number of phenolic OH excluding ortho intramolecular Hbond substituents is 1. The molecule has 1 aromatic carbocycles. The molecule has 1 aromatic rings. The SMILES string of the molecule is C=CCOC(=O)N[C@H]1[C@H](C(=O)OCC[Si](C)(C)C)C2CC(=O)[C@H]1c1cc(O)ccc12. The maximum Gasteiger partial charge on any atom is 0.407 e. The Morgan fingerprint density at radius 2 is 2.00 bits per heavy atom. The first kappa shape index (κ1) is 22.1. The van der Waals surface area contributed by atoms with Crippen LogP contribution in [0.1, 0.15) is 29.4 Å². The van der Waals surface area contributed by atoms with Crippen molar-refractivity contribution in [2.45, 2.75) is 50.0 Å². The Kier molecular flexibility index (Phi) is 6.35. The van der Waals surface area contributed by atoms with Crippen LogP contribution < -0.4 is 5.32 Å². The molecule has 0 saturated heterocycles. The highest BCUT2D eigenvalue weighted by Gasteiger charge is 2.55. The number of alkyl carbamates (subject to hydrolysis) is 1. The molecule has 0 aliphatic heterocycles. The maximum absolute atomic E-state index is 13.1. The van der Waals surface area contributed by atoms with E-state index in [1.807, 2.05) is 0 Å². The Labute approximate surface area is 177 Å². The molecule has 0 aromatic heterocycles. The molecule has 1 saturated carbocycles. The second-order valence-electron chi connectivity index (χ2n) is 9.13. The number of rotatable bonds is 7. The highest BCUT2D eigenvalue weighted by atomic mass is 28.3. The maximum atomic E-state index is 13.1. The summed E-state index contributed by atoms with van der Waals surface area (Å²) in [6, 6.07) is 4.90. The molecule has 30 heavy (non-hydrogen) atoms. The first-order valence-corrected chi connectivity index (χ1v) is 13.9. The van der Waals surface area contributed by atoms with Crippen LogP contribution in [0.25, 0.3) is 0 Å². The number of nitrogens with one attached hydrogen (secondary N) is 1. The molecular formula is C22H29NO6Si. The topological polar surface area (TPSA) is 102 Å². The van der Waals surface area contributed by atoms with E-state index >= 15 is 0 Å². The normalized spacial score (nSPS) is 24.7. The van der Waals surface area contributed by atoms with Gasteiger partial charge in [0.1, 0.15) is 18.1 Å². The van der Waals surface area contributed by atoms with Gasteiger partial charge in [0, 0.05) is 20.4 Å². The minimum atomic E-state index is -1.38. The molecule has 2 N–H and O–H groups in total. The first-order chi connectivity index (χ1) is 14.1. The minimum absolute atomic E-state index is 0.0172. The molecule has 0 radical (unpaired) electrons. The van der Waals surface area contributed by atoms with Crippen LogP contribution >= 0.6 is 0 Å². The van der Waals surface area contributed by atoms with Crippen molar-refractivity contribution in [2.24, 2.45) is 5.92 Å². The van der Waals surface area contributed by atoms with Crippen molar-refractivity contribution in [3.63, 3.8) is 0 Å². The Hall–Kier alpha value is -2.61. The fourth-order valence-corrected chi connectivity index (χ4v) is 5.03. The van der Waals surface area contributed by atoms with Crippen molar-refractivity contribution in [1.29, 1.82) is 0 Å². The number of carbonyl (C=O) groups is 3. The van der Waals surface area contributed by atoms with Gasteiger partial charge in [-0.05, 0) is 29.3 Å². The van der Waals surface area contributed by atoms with E-state index in [2.05, 4.69) is 31.5 Å². The van der Waals surface area contributed by atoms with E-state index < -0.39 is 43.9 Å².